The number of rotatable bonds is 9. The Kier molecular flexibility index (Phi) is 7.96. The van der Waals surface area contributed by atoms with Crippen molar-refractivity contribution >= 4 is 22.5 Å². The van der Waals surface area contributed by atoms with E-state index in [-0.39, 0.29) is 0 Å². The Labute approximate surface area is 109 Å². The lowest BCUT2D eigenvalue weighted by Gasteiger charge is -2.35. The third kappa shape index (κ3) is 6.38. The first-order chi connectivity index (χ1) is 7.72. The molecule has 0 radical (unpaired) electrons. The molecule has 0 aromatic heterocycles. The molecular weight excluding hydrogens is 238 g/mol. The van der Waals surface area contributed by atoms with Crippen LogP contribution in [0.25, 0.3) is 0 Å². The fourth-order valence-corrected chi connectivity index (χ4v) is 2.40. The van der Waals surface area contributed by atoms with Crippen LogP contribution in [0.1, 0.15) is 39.5 Å². The molecule has 0 aliphatic heterocycles. The minimum Gasteiger partial charge on any atom is -0.378 e. The third-order valence-corrected chi connectivity index (χ3v) is 3.93. The van der Waals surface area contributed by atoms with E-state index in [1.54, 1.807) is 10.8 Å². The molecule has 0 saturated heterocycles. The van der Waals surface area contributed by atoms with Crippen molar-refractivity contribution in [3.63, 3.8) is 0 Å². The van der Waals surface area contributed by atoms with Crippen molar-refractivity contribution in [2.24, 2.45) is 5.92 Å². The van der Waals surface area contributed by atoms with Gasteiger partial charge in [-0.05, 0) is 31.6 Å². The molecule has 0 aromatic carbocycles. The van der Waals surface area contributed by atoms with Crippen LogP contribution in [0.2, 0.25) is 0 Å². The standard InChI is InChI=1S/C12H25NOS2/c1-10(2)4-3-6-14-12-8-11(9-12)13-5-7-16-15/h10-13,15H,3-9H2,1-2H3. The predicted molar refractivity (Wildman–Crippen MR) is 76.3 cm³/mol. The molecule has 2 nitrogen and oxygen atoms in total. The zero-order valence-corrected chi connectivity index (χ0v) is 12.2. The molecule has 0 amide bonds. The summed E-state index contributed by atoms with van der Waals surface area (Å²) in [4.78, 5) is 0. The van der Waals surface area contributed by atoms with Gasteiger partial charge in [-0.1, -0.05) is 24.6 Å². The molecule has 0 bridgehead atoms. The van der Waals surface area contributed by atoms with Gasteiger partial charge in [0.15, 0.2) is 0 Å². The summed E-state index contributed by atoms with van der Waals surface area (Å²) in [6, 6.07) is 0.690. The first-order valence-corrected chi connectivity index (χ1v) is 8.37. The molecule has 1 fully saturated rings. The van der Waals surface area contributed by atoms with Gasteiger partial charge in [-0.25, -0.2) is 0 Å². The van der Waals surface area contributed by atoms with Crippen LogP contribution in [0, 0.1) is 5.92 Å². The summed E-state index contributed by atoms with van der Waals surface area (Å²) in [5, 5.41) is 3.51. The minimum atomic E-state index is 0.522. The van der Waals surface area contributed by atoms with Crippen LogP contribution in [0.15, 0.2) is 0 Å². The fraction of sp³-hybridized carbons (Fsp3) is 1.00. The topological polar surface area (TPSA) is 21.3 Å². The van der Waals surface area contributed by atoms with Crippen LogP contribution in [0.3, 0.4) is 0 Å². The van der Waals surface area contributed by atoms with Gasteiger partial charge in [-0.2, -0.15) is 0 Å². The van der Waals surface area contributed by atoms with Gasteiger partial charge in [0, 0.05) is 24.9 Å². The van der Waals surface area contributed by atoms with E-state index in [4.69, 9.17) is 4.74 Å². The van der Waals surface area contributed by atoms with Gasteiger partial charge in [0.1, 0.15) is 0 Å². The van der Waals surface area contributed by atoms with E-state index in [0.29, 0.717) is 12.1 Å². The maximum absolute atomic E-state index is 5.80. The highest BCUT2D eigenvalue weighted by atomic mass is 33.1. The van der Waals surface area contributed by atoms with Crippen molar-refractivity contribution in [2.45, 2.75) is 51.7 Å². The van der Waals surface area contributed by atoms with Crippen LogP contribution in [-0.4, -0.2) is 31.1 Å². The van der Waals surface area contributed by atoms with Crippen molar-refractivity contribution in [3.8, 4) is 0 Å². The third-order valence-electron chi connectivity index (χ3n) is 3.00. The van der Waals surface area contributed by atoms with E-state index in [2.05, 4.69) is 30.8 Å². The van der Waals surface area contributed by atoms with Crippen molar-refractivity contribution in [1.29, 1.82) is 0 Å². The molecule has 1 aliphatic rings. The quantitative estimate of drug-likeness (QED) is 0.379. The van der Waals surface area contributed by atoms with Crippen molar-refractivity contribution in [3.05, 3.63) is 0 Å². The average Bonchev–Trinajstić information content (AvgIpc) is 2.18. The molecule has 1 rings (SSSR count). The highest BCUT2D eigenvalue weighted by molar-refractivity contribution is 8.68. The number of hydrogen-bond acceptors (Lipinski definition) is 4. The molecule has 0 aromatic rings. The van der Waals surface area contributed by atoms with Gasteiger partial charge >= 0.3 is 0 Å². The van der Waals surface area contributed by atoms with Gasteiger partial charge in [-0.15, -0.1) is 11.7 Å². The van der Waals surface area contributed by atoms with E-state index < -0.39 is 0 Å². The van der Waals surface area contributed by atoms with Gasteiger partial charge in [0.05, 0.1) is 6.10 Å². The van der Waals surface area contributed by atoms with Crippen molar-refractivity contribution < 1.29 is 4.74 Å². The fourth-order valence-electron chi connectivity index (χ4n) is 1.92. The van der Waals surface area contributed by atoms with Gasteiger partial charge < -0.3 is 10.1 Å². The number of hydrogen-bond donors (Lipinski definition) is 2. The summed E-state index contributed by atoms with van der Waals surface area (Å²) >= 11 is 4.11. The Balaban J connectivity index is 1.84. The van der Waals surface area contributed by atoms with E-state index >= 15 is 0 Å². The Hall–Kier alpha value is 0.620. The summed E-state index contributed by atoms with van der Waals surface area (Å²) in [6.07, 6.45) is 5.40. The lowest BCUT2D eigenvalue weighted by atomic mass is 9.89. The number of ether oxygens (including phenoxy) is 1. The predicted octanol–water partition coefficient (Wildman–Crippen LogP) is 3.14. The SMILES string of the molecule is CC(C)CCCOC1CC(NCCSS)C1. The van der Waals surface area contributed by atoms with Crippen molar-refractivity contribution in [1.82, 2.24) is 5.32 Å². The Morgan fingerprint density at radius 2 is 2.19 bits per heavy atom. The molecule has 1 N–H and O–H groups in total. The second-order valence-electron chi connectivity index (χ2n) is 4.98. The summed E-state index contributed by atoms with van der Waals surface area (Å²) in [7, 11) is 1.60. The number of nitrogens with one attached hydrogen (secondary N) is 1. The molecule has 1 aliphatic carbocycles. The maximum atomic E-state index is 5.80. The van der Waals surface area contributed by atoms with Gasteiger partial charge in [0.25, 0.3) is 0 Å². The number of thiol groups is 1. The molecule has 0 heterocycles. The summed E-state index contributed by atoms with van der Waals surface area (Å²) < 4.78 is 5.80. The Morgan fingerprint density at radius 1 is 1.44 bits per heavy atom. The summed E-state index contributed by atoms with van der Waals surface area (Å²) in [5.74, 6) is 1.89. The lowest BCUT2D eigenvalue weighted by molar-refractivity contribution is -0.0180. The van der Waals surface area contributed by atoms with Gasteiger partial charge in [-0.3, -0.25) is 0 Å². The average molecular weight is 263 g/mol. The smallest absolute Gasteiger partial charge is 0.0604 e. The van der Waals surface area contributed by atoms with Crippen molar-refractivity contribution in [2.75, 3.05) is 18.9 Å². The largest absolute Gasteiger partial charge is 0.378 e. The molecule has 16 heavy (non-hydrogen) atoms. The lowest BCUT2D eigenvalue weighted by Crippen LogP contribution is -2.46. The molecule has 96 valence electrons. The molecule has 0 unspecified atom stereocenters. The molecule has 1 saturated carbocycles. The Bertz CT molecular complexity index is 172. The van der Waals surface area contributed by atoms with Crippen LogP contribution in [-0.2, 0) is 4.74 Å². The summed E-state index contributed by atoms with van der Waals surface area (Å²) in [5.41, 5.74) is 0. The second kappa shape index (κ2) is 8.67. The second-order valence-corrected chi connectivity index (χ2v) is 6.43. The van der Waals surface area contributed by atoms with E-state index in [1.807, 2.05) is 0 Å². The van der Waals surface area contributed by atoms with Gasteiger partial charge in [0.2, 0.25) is 0 Å². The highest BCUT2D eigenvalue weighted by Crippen LogP contribution is 2.23. The monoisotopic (exact) mass is 263 g/mol. The van der Waals surface area contributed by atoms with Crippen LogP contribution in [0.4, 0.5) is 0 Å². The zero-order valence-electron chi connectivity index (χ0n) is 10.4. The summed E-state index contributed by atoms with van der Waals surface area (Å²) in [6.45, 7) is 6.55. The van der Waals surface area contributed by atoms with E-state index in [9.17, 15) is 0 Å². The molecular formula is C12H25NOS2. The molecule has 0 atom stereocenters. The zero-order chi connectivity index (χ0) is 11.8. The first kappa shape index (κ1) is 14.7. The first-order valence-electron chi connectivity index (χ1n) is 6.33. The normalized spacial score (nSPS) is 24.8. The molecule has 4 heteroatoms. The maximum Gasteiger partial charge on any atom is 0.0604 e. The highest BCUT2D eigenvalue weighted by Gasteiger charge is 2.28. The van der Waals surface area contributed by atoms with Crippen LogP contribution >= 0.6 is 22.5 Å². The minimum absolute atomic E-state index is 0.522. The van der Waals surface area contributed by atoms with E-state index in [0.717, 1.165) is 24.8 Å². The Morgan fingerprint density at radius 3 is 2.81 bits per heavy atom. The molecule has 0 spiro atoms. The van der Waals surface area contributed by atoms with E-state index in [1.165, 1.54) is 25.7 Å². The van der Waals surface area contributed by atoms with Crippen LogP contribution < -0.4 is 5.32 Å². The van der Waals surface area contributed by atoms with Crippen LogP contribution in [0.5, 0.6) is 0 Å².